The van der Waals surface area contributed by atoms with Gasteiger partial charge in [0.1, 0.15) is 37.1 Å². The number of hydrogen-bond donors (Lipinski definition) is 0. The van der Waals surface area contributed by atoms with Gasteiger partial charge in [0, 0.05) is 17.0 Å². The highest BCUT2D eigenvalue weighted by atomic mass is 32.2. The molecular formula is C23H41N2O5PS. The van der Waals surface area contributed by atoms with Gasteiger partial charge in [0.15, 0.2) is 0 Å². The van der Waals surface area contributed by atoms with Crippen molar-refractivity contribution in [2.24, 2.45) is 16.7 Å². The van der Waals surface area contributed by atoms with Crippen LogP contribution in [0.3, 0.4) is 0 Å². The Morgan fingerprint density at radius 2 is 1.78 bits per heavy atom. The van der Waals surface area contributed by atoms with Gasteiger partial charge in [-0.3, -0.25) is 4.79 Å². The van der Waals surface area contributed by atoms with Gasteiger partial charge >= 0.3 is 0 Å². The molecule has 2 aliphatic rings. The Kier molecular flexibility index (Phi) is 7.12. The summed E-state index contributed by atoms with van der Waals surface area (Å²) >= 11 is 0. The molecule has 1 aromatic rings. The van der Waals surface area contributed by atoms with Gasteiger partial charge in [0.05, 0.1) is 15.9 Å². The van der Waals surface area contributed by atoms with E-state index in [1.165, 1.54) is 0 Å². The van der Waals surface area contributed by atoms with E-state index in [1.54, 1.807) is 0 Å². The van der Waals surface area contributed by atoms with Crippen molar-refractivity contribution in [3.05, 3.63) is 18.7 Å². The van der Waals surface area contributed by atoms with Crippen LogP contribution in [0.25, 0.3) is 0 Å². The highest BCUT2D eigenvalue weighted by Gasteiger charge is 2.64. The standard InChI is InChI=1S/C13H26N2OP.C10H16O4S/c1-12(2,3)15-9-8-14(10-15)11-17(7,16)13(4,5)6;1-9(2)7-3-4-10(9,8(11)5-7)6-15(12,13)14/h8-10H,11H2,1-7H3;7H,3-6H2,1-2H3,(H,12,13,14)/q+1;/p-1/t17-;7?,10-/m11/s1. The number of aromatic nitrogens is 2. The predicted molar refractivity (Wildman–Crippen MR) is 126 cm³/mol. The molecule has 9 heteroatoms. The smallest absolute Gasteiger partial charge is 0.244 e. The topological polar surface area (TPSA) is 100 Å². The first-order chi connectivity index (χ1) is 14.1. The molecule has 2 aliphatic carbocycles. The second kappa shape index (κ2) is 8.35. The first-order valence-electron chi connectivity index (χ1n) is 11.2. The van der Waals surface area contributed by atoms with Crippen molar-refractivity contribution in [3.8, 4) is 0 Å². The highest BCUT2D eigenvalue weighted by molar-refractivity contribution is 7.85. The highest BCUT2D eigenvalue weighted by Crippen LogP contribution is 2.64. The number of nitrogens with zero attached hydrogens (tertiary/aromatic N) is 2. The van der Waals surface area contributed by atoms with Gasteiger partial charge in [-0.1, -0.05) is 34.6 Å². The molecule has 0 aliphatic heterocycles. The first kappa shape index (κ1) is 27.3. The van der Waals surface area contributed by atoms with E-state index in [9.17, 15) is 22.3 Å². The number of carbonyl (C=O) groups excluding carboxylic acids is 1. The fraction of sp³-hybridized carbons (Fsp3) is 0.826. The minimum absolute atomic E-state index is 0.0248. The molecule has 0 amide bonds. The maximum atomic E-state index is 12.6. The molecule has 184 valence electrons. The van der Waals surface area contributed by atoms with E-state index in [0.29, 0.717) is 19.1 Å². The minimum atomic E-state index is -4.33. The van der Waals surface area contributed by atoms with Gasteiger partial charge in [0.2, 0.25) is 6.33 Å². The Morgan fingerprint density at radius 3 is 2.12 bits per heavy atom. The number of fused-ring (bicyclic) bond motifs is 2. The van der Waals surface area contributed by atoms with Crippen molar-refractivity contribution in [1.29, 1.82) is 0 Å². The predicted octanol–water partition coefficient (Wildman–Crippen LogP) is 4.21. The third-order valence-electron chi connectivity index (χ3n) is 7.88. The van der Waals surface area contributed by atoms with E-state index in [-0.39, 0.29) is 27.8 Å². The largest absolute Gasteiger partial charge is 0.748 e. The summed E-state index contributed by atoms with van der Waals surface area (Å²) in [6, 6.07) is 0. The van der Waals surface area contributed by atoms with Gasteiger partial charge in [-0.2, -0.15) is 0 Å². The fourth-order valence-corrected chi connectivity index (χ4v) is 7.30. The van der Waals surface area contributed by atoms with E-state index in [0.717, 1.165) is 6.42 Å². The molecule has 32 heavy (non-hydrogen) atoms. The number of rotatable bonds is 4. The van der Waals surface area contributed by atoms with Crippen LogP contribution in [0, 0.1) is 16.7 Å². The second-order valence-corrected chi connectivity index (χ2v) is 17.5. The van der Waals surface area contributed by atoms with Crippen LogP contribution in [0.15, 0.2) is 18.7 Å². The summed E-state index contributed by atoms with van der Waals surface area (Å²) in [4.78, 5) is 11.8. The van der Waals surface area contributed by atoms with E-state index < -0.39 is 28.4 Å². The molecule has 0 N–H and O–H groups in total. The molecule has 0 saturated heterocycles. The normalized spacial score (nSPS) is 27.1. The Hall–Kier alpha value is -0.980. The number of imidazole rings is 1. The van der Waals surface area contributed by atoms with Crippen LogP contribution in [0.5, 0.6) is 0 Å². The molecule has 0 radical (unpaired) electrons. The Balaban J connectivity index is 0.000000228. The van der Waals surface area contributed by atoms with Gasteiger partial charge in [-0.05, 0) is 51.6 Å². The third kappa shape index (κ3) is 5.39. The van der Waals surface area contributed by atoms with E-state index in [4.69, 9.17) is 0 Å². The van der Waals surface area contributed by atoms with Crippen molar-refractivity contribution in [1.82, 2.24) is 4.57 Å². The monoisotopic (exact) mass is 488 g/mol. The molecule has 1 unspecified atom stereocenters. The van der Waals surface area contributed by atoms with Crippen molar-refractivity contribution in [2.45, 2.75) is 91.6 Å². The van der Waals surface area contributed by atoms with Crippen molar-refractivity contribution in [2.75, 3.05) is 12.4 Å². The summed E-state index contributed by atoms with van der Waals surface area (Å²) < 4.78 is 49.5. The summed E-state index contributed by atoms with van der Waals surface area (Å²) in [7, 11) is -6.51. The van der Waals surface area contributed by atoms with Crippen LogP contribution in [0.1, 0.15) is 74.7 Å². The van der Waals surface area contributed by atoms with Crippen LogP contribution in [-0.2, 0) is 31.3 Å². The van der Waals surface area contributed by atoms with Gasteiger partial charge in [-0.25, -0.2) is 17.6 Å². The van der Waals surface area contributed by atoms with Crippen molar-refractivity contribution < 1.29 is 26.9 Å². The zero-order valence-corrected chi connectivity index (χ0v) is 22.8. The molecule has 2 bridgehead atoms. The average molecular weight is 489 g/mol. The van der Waals surface area contributed by atoms with E-state index in [1.807, 2.05) is 43.8 Å². The lowest BCUT2D eigenvalue weighted by Gasteiger charge is -2.37. The molecule has 0 spiro atoms. The van der Waals surface area contributed by atoms with Crippen LogP contribution >= 0.6 is 7.14 Å². The van der Waals surface area contributed by atoms with Crippen molar-refractivity contribution >= 4 is 23.0 Å². The van der Waals surface area contributed by atoms with Crippen LogP contribution < -0.4 is 4.57 Å². The molecule has 2 saturated carbocycles. The van der Waals surface area contributed by atoms with E-state index >= 15 is 0 Å². The van der Waals surface area contributed by atoms with Gasteiger partial charge in [0.25, 0.3) is 0 Å². The maximum Gasteiger partial charge on any atom is 0.244 e. The molecule has 1 aromatic heterocycles. The number of Topliss-reactive ketones (excluding diaryl/α,β-unsaturated/α-hetero) is 1. The quantitative estimate of drug-likeness (QED) is 0.359. The summed E-state index contributed by atoms with van der Waals surface area (Å²) in [6.07, 6.45) is 8.58. The van der Waals surface area contributed by atoms with Crippen LogP contribution in [-0.4, -0.2) is 40.9 Å². The van der Waals surface area contributed by atoms with Crippen LogP contribution in [0.2, 0.25) is 0 Å². The summed E-state index contributed by atoms with van der Waals surface area (Å²) in [5, 5.41) is -0.135. The summed E-state index contributed by atoms with van der Waals surface area (Å²) in [6.45, 7) is 18.4. The fourth-order valence-electron chi connectivity index (χ4n) is 4.81. The summed E-state index contributed by atoms with van der Waals surface area (Å²) in [5.41, 5.74) is -1.15. The number of carbonyl (C=O) groups is 1. The van der Waals surface area contributed by atoms with Gasteiger partial charge in [-0.15, -0.1) is 0 Å². The molecule has 3 atom stereocenters. The zero-order valence-electron chi connectivity index (χ0n) is 21.1. The molecular weight excluding hydrogens is 447 g/mol. The van der Waals surface area contributed by atoms with Gasteiger partial charge < -0.3 is 9.12 Å². The lowest BCUT2D eigenvalue weighted by Crippen LogP contribution is -2.42. The lowest BCUT2D eigenvalue weighted by atomic mass is 9.70. The maximum absolute atomic E-state index is 12.6. The Labute approximate surface area is 194 Å². The average Bonchev–Trinajstić information content (AvgIpc) is 3.15. The second-order valence-electron chi connectivity index (χ2n) is 12.3. The minimum Gasteiger partial charge on any atom is -0.748 e. The first-order valence-corrected chi connectivity index (χ1v) is 15.2. The molecule has 3 rings (SSSR count). The SMILES string of the molecule is CC(C)(C)n1cc[n+](C[P@@](C)(=O)C(C)(C)C)c1.CC1(C)C2CC[C@@]1(CS(=O)(=O)[O-])C(=O)C2. The van der Waals surface area contributed by atoms with E-state index in [2.05, 4.69) is 46.1 Å². The zero-order chi connectivity index (χ0) is 25.0. The summed E-state index contributed by atoms with van der Waals surface area (Å²) in [5.74, 6) is -0.280. The molecule has 2 fully saturated rings. The number of hydrogen-bond acceptors (Lipinski definition) is 5. The van der Waals surface area contributed by atoms with Crippen LogP contribution in [0.4, 0.5) is 0 Å². The molecule has 7 nitrogen and oxygen atoms in total. The third-order valence-corrected chi connectivity index (χ3v) is 12.4. The lowest BCUT2D eigenvalue weighted by molar-refractivity contribution is -0.678. The molecule has 0 aromatic carbocycles. The Morgan fingerprint density at radius 1 is 1.22 bits per heavy atom. The number of ketones is 1. The van der Waals surface area contributed by atoms with Crippen molar-refractivity contribution in [3.63, 3.8) is 0 Å². The molecule has 1 heterocycles. The Bertz CT molecular complexity index is 1010.